The summed E-state index contributed by atoms with van der Waals surface area (Å²) in [6, 6.07) is 6.21. The minimum Gasteiger partial charge on any atom is -0.347 e. The highest BCUT2D eigenvalue weighted by Crippen LogP contribution is 2.27. The molecule has 0 atom stereocenters. The van der Waals surface area contributed by atoms with Gasteiger partial charge in [-0.15, -0.1) is 10.2 Å². The van der Waals surface area contributed by atoms with E-state index in [0.717, 1.165) is 12.3 Å². The van der Waals surface area contributed by atoms with Crippen LogP contribution in [0.3, 0.4) is 0 Å². The lowest BCUT2D eigenvalue weighted by molar-refractivity contribution is -0.141. The van der Waals surface area contributed by atoms with Gasteiger partial charge in [-0.05, 0) is 18.2 Å². The molecule has 0 spiro atoms. The Labute approximate surface area is 116 Å². The van der Waals surface area contributed by atoms with Gasteiger partial charge in [-0.3, -0.25) is 4.40 Å². The summed E-state index contributed by atoms with van der Waals surface area (Å²) in [5, 5.41) is 10.6. The van der Waals surface area contributed by atoms with E-state index < -0.39 is 11.9 Å². The SMILES string of the molecule is FC(F)(F)c1ccnc(NCc2nnc3ccccn23)n1. The predicted octanol–water partition coefficient (Wildman–Crippen LogP) is 2.15. The van der Waals surface area contributed by atoms with Crippen LogP contribution in [0.25, 0.3) is 5.65 Å². The number of alkyl halides is 3. The summed E-state index contributed by atoms with van der Waals surface area (Å²) in [6.45, 7) is 0.159. The zero-order chi connectivity index (χ0) is 14.9. The maximum atomic E-state index is 12.5. The summed E-state index contributed by atoms with van der Waals surface area (Å²) in [7, 11) is 0. The smallest absolute Gasteiger partial charge is 0.347 e. The summed E-state index contributed by atoms with van der Waals surface area (Å²) < 4.78 is 39.4. The van der Waals surface area contributed by atoms with Crippen LogP contribution in [-0.2, 0) is 12.7 Å². The number of anilines is 1. The second-order valence-corrected chi connectivity index (χ2v) is 4.16. The molecule has 3 rings (SSSR count). The molecule has 0 aliphatic rings. The highest BCUT2D eigenvalue weighted by molar-refractivity contribution is 5.37. The molecule has 1 N–H and O–H groups in total. The van der Waals surface area contributed by atoms with Gasteiger partial charge in [0.25, 0.3) is 0 Å². The topological polar surface area (TPSA) is 68.0 Å². The Balaban J connectivity index is 1.79. The van der Waals surface area contributed by atoms with Gasteiger partial charge in [-0.1, -0.05) is 6.07 Å². The van der Waals surface area contributed by atoms with Crippen LogP contribution in [0.5, 0.6) is 0 Å². The Morgan fingerprint density at radius 2 is 2.00 bits per heavy atom. The summed E-state index contributed by atoms with van der Waals surface area (Å²) in [6.07, 6.45) is -1.68. The van der Waals surface area contributed by atoms with E-state index in [9.17, 15) is 13.2 Å². The molecule has 0 saturated heterocycles. The fourth-order valence-corrected chi connectivity index (χ4v) is 1.77. The van der Waals surface area contributed by atoms with Crippen molar-refractivity contribution < 1.29 is 13.2 Å². The Hall–Kier alpha value is -2.71. The Morgan fingerprint density at radius 1 is 1.14 bits per heavy atom. The Morgan fingerprint density at radius 3 is 2.81 bits per heavy atom. The number of halogens is 3. The molecule has 0 bridgehead atoms. The third-order valence-corrected chi connectivity index (χ3v) is 2.73. The molecule has 0 aromatic carbocycles. The molecule has 3 aromatic heterocycles. The van der Waals surface area contributed by atoms with Crippen LogP contribution in [0.1, 0.15) is 11.5 Å². The second-order valence-electron chi connectivity index (χ2n) is 4.16. The largest absolute Gasteiger partial charge is 0.433 e. The average molecular weight is 294 g/mol. The first-order chi connectivity index (χ1) is 10.0. The lowest BCUT2D eigenvalue weighted by atomic mass is 10.4. The van der Waals surface area contributed by atoms with Gasteiger partial charge in [0.2, 0.25) is 5.95 Å². The molecule has 3 heterocycles. The highest BCUT2D eigenvalue weighted by atomic mass is 19.4. The number of nitrogens with one attached hydrogen (secondary N) is 1. The average Bonchev–Trinajstić information content (AvgIpc) is 2.88. The first-order valence-corrected chi connectivity index (χ1v) is 5.97. The van der Waals surface area contributed by atoms with Crippen LogP contribution in [-0.4, -0.2) is 24.6 Å². The van der Waals surface area contributed by atoms with Crippen molar-refractivity contribution in [3.8, 4) is 0 Å². The third kappa shape index (κ3) is 2.76. The zero-order valence-corrected chi connectivity index (χ0v) is 10.5. The van der Waals surface area contributed by atoms with E-state index in [1.807, 2.05) is 6.07 Å². The molecule has 0 unspecified atom stereocenters. The van der Waals surface area contributed by atoms with Crippen molar-refractivity contribution in [2.24, 2.45) is 0 Å². The second kappa shape index (κ2) is 5.00. The van der Waals surface area contributed by atoms with Gasteiger partial charge in [0.1, 0.15) is 5.69 Å². The van der Waals surface area contributed by atoms with E-state index in [-0.39, 0.29) is 12.5 Å². The molecule has 0 saturated carbocycles. The first kappa shape index (κ1) is 13.3. The fraction of sp³-hybridized carbons (Fsp3) is 0.167. The summed E-state index contributed by atoms with van der Waals surface area (Å²) in [4.78, 5) is 7.17. The molecule has 0 amide bonds. The van der Waals surface area contributed by atoms with Gasteiger partial charge in [-0.2, -0.15) is 13.2 Å². The quantitative estimate of drug-likeness (QED) is 0.801. The van der Waals surface area contributed by atoms with E-state index in [1.54, 1.807) is 22.7 Å². The van der Waals surface area contributed by atoms with E-state index in [0.29, 0.717) is 11.5 Å². The number of pyridine rings is 1. The molecule has 9 heteroatoms. The van der Waals surface area contributed by atoms with E-state index in [1.165, 1.54) is 0 Å². The number of nitrogens with zero attached hydrogens (tertiary/aromatic N) is 5. The van der Waals surface area contributed by atoms with Crippen LogP contribution in [0.4, 0.5) is 19.1 Å². The number of rotatable bonds is 3. The maximum absolute atomic E-state index is 12.5. The van der Waals surface area contributed by atoms with Crippen molar-refractivity contribution in [1.29, 1.82) is 0 Å². The third-order valence-electron chi connectivity index (χ3n) is 2.73. The molecular weight excluding hydrogens is 285 g/mol. The molecule has 21 heavy (non-hydrogen) atoms. The Bertz CT molecular complexity index is 767. The molecule has 3 aromatic rings. The van der Waals surface area contributed by atoms with E-state index >= 15 is 0 Å². The van der Waals surface area contributed by atoms with Gasteiger partial charge < -0.3 is 5.32 Å². The van der Waals surface area contributed by atoms with Crippen molar-refractivity contribution in [3.05, 3.63) is 48.2 Å². The molecule has 0 aliphatic carbocycles. The standard InChI is InChI=1S/C12H9F3N6/c13-12(14,15)8-4-5-16-11(18-8)17-7-10-20-19-9-3-1-2-6-21(9)10/h1-6H,7H2,(H,16,17,18). The van der Waals surface area contributed by atoms with E-state index in [2.05, 4.69) is 25.5 Å². The van der Waals surface area contributed by atoms with Crippen molar-refractivity contribution in [2.75, 3.05) is 5.32 Å². The molecule has 0 radical (unpaired) electrons. The van der Waals surface area contributed by atoms with Gasteiger partial charge in [-0.25, -0.2) is 9.97 Å². The van der Waals surface area contributed by atoms with Gasteiger partial charge in [0.05, 0.1) is 6.54 Å². The molecule has 0 aliphatic heterocycles. The summed E-state index contributed by atoms with van der Waals surface area (Å²) in [5.74, 6) is 0.434. The molecule has 0 fully saturated rings. The molecule has 108 valence electrons. The maximum Gasteiger partial charge on any atom is 0.433 e. The monoisotopic (exact) mass is 294 g/mol. The van der Waals surface area contributed by atoms with Gasteiger partial charge in [0.15, 0.2) is 11.5 Å². The lowest BCUT2D eigenvalue weighted by Crippen LogP contribution is -2.12. The van der Waals surface area contributed by atoms with Crippen LogP contribution < -0.4 is 5.32 Å². The fourth-order valence-electron chi connectivity index (χ4n) is 1.77. The normalized spacial score (nSPS) is 11.8. The van der Waals surface area contributed by atoms with Crippen LogP contribution in [0.2, 0.25) is 0 Å². The number of hydrogen-bond acceptors (Lipinski definition) is 5. The summed E-state index contributed by atoms with van der Waals surface area (Å²) in [5.41, 5.74) is -0.342. The lowest BCUT2D eigenvalue weighted by Gasteiger charge is -2.07. The van der Waals surface area contributed by atoms with Crippen LogP contribution in [0.15, 0.2) is 36.7 Å². The van der Waals surface area contributed by atoms with Crippen LogP contribution >= 0.6 is 0 Å². The number of fused-ring (bicyclic) bond motifs is 1. The van der Waals surface area contributed by atoms with Gasteiger partial charge >= 0.3 is 6.18 Å². The predicted molar refractivity (Wildman–Crippen MR) is 67.3 cm³/mol. The summed E-state index contributed by atoms with van der Waals surface area (Å²) >= 11 is 0. The van der Waals surface area contributed by atoms with E-state index in [4.69, 9.17) is 0 Å². The minimum absolute atomic E-state index is 0.113. The van der Waals surface area contributed by atoms with Crippen molar-refractivity contribution in [3.63, 3.8) is 0 Å². The molecular formula is C12H9F3N6. The number of hydrogen-bond donors (Lipinski definition) is 1. The Kier molecular flexibility index (Phi) is 3.16. The van der Waals surface area contributed by atoms with Crippen molar-refractivity contribution in [2.45, 2.75) is 12.7 Å². The molecule has 6 nitrogen and oxygen atoms in total. The van der Waals surface area contributed by atoms with Crippen molar-refractivity contribution >= 4 is 11.6 Å². The number of aromatic nitrogens is 5. The van der Waals surface area contributed by atoms with Crippen LogP contribution in [0, 0.1) is 0 Å². The first-order valence-electron chi connectivity index (χ1n) is 5.97. The highest BCUT2D eigenvalue weighted by Gasteiger charge is 2.32. The van der Waals surface area contributed by atoms with Crippen molar-refractivity contribution in [1.82, 2.24) is 24.6 Å². The zero-order valence-electron chi connectivity index (χ0n) is 10.5. The minimum atomic E-state index is -4.50. The van der Waals surface area contributed by atoms with Gasteiger partial charge in [0, 0.05) is 12.4 Å².